The fraction of sp³-hybridized carbons (Fsp3) is 0.318. The molecule has 0 bridgehead atoms. The number of hydrogen-bond donors (Lipinski definition) is 0. The minimum absolute atomic E-state index is 0.205. The average molecular weight is 373 g/mol. The monoisotopic (exact) mass is 372 g/mol. The lowest BCUT2D eigenvalue weighted by atomic mass is 10.0. The standard InChI is InChI=1S/C22H25ClO3/c1-4-25-20-10-11-22(21(23)14-20)26-15-19-7-5-6-18(13-19)9-8-16(2)12-17(3)24/h5-11,13-14,16H,4,12,15H2,1-3H3/b9-8+/t16-/m0/s1. The summed E-state index contributed by atoms with van der Waals surface area (Å²) in [4.78, 5) is 11.2. The van der Waals surface area contributed by atoms with Gasteiger partial charge in [-0.1, -0.05) is 48.9 Å². The van der Waals surface area contributed by atoms with E-state index in [9.17, 15) is 4.79 Å². The van der Waals surface area contributed by atoms with Gasteiger partial charge in [-0.2, -0.15) is 0 Å². The molecule has 0 spiro atoms. The molecule has 0 aliphatic heterocycles. The predicted molar refractivity (Wildman–Crippen MR) is 107 cm³/mol. The molecule has 2 aromatic rings. The van der Waals surface area contributed by atoms with E-state index < -0.39 is 0 Å². The number of benzene rings is 2. The highest BCUT2D eigenvalue weighted by molar-refractivity contribution is 6.32. The normalized spacial score (nSPS) is 12.2. The van der Waals surface area contributed by atoms with Crippen LogP contribution >= 0.6 is 11.6 Å². The van der Waals surface area contributed by atoms with Crippen LogP contribution in [0, 0.1) is 5.92 Å². The summed E-state index contributed by atoms with van der Waals surface area (Å²) in [5, 5.41) is 0.532. The lowest BCUT2D eigenvalue weighted by Gasteiger charge is -2.10. The van der Waals surface area contributed by atoms with Crippen LogP contribution in [0.25, 0.3) is 6.08 Å². The van der Waals surface area contributed by atoms with Gasteiger partial charge >= 0.3 is 0 Å². The smallest absolute Gasteiger partial charge is 0.138 e. The zero-order chi connectivity index (χ0) is 18.9. The molecule has 0 fully saturated rings. The zero-order valence-electron chi connectivity index (χ0n) is 15.5. The highest BCUT2D eigenvalue weighted by atomic mass is 35.5. The molecule has 0 heterocycles. The topological polar surface area (TPSA) is 35.5 Å². The van der Waals surface area contributed by atoms with Crippen LogP contribution in [0.15, 0.2) is 48.5 Å². The van der Waals surface area contributed by atoms with E-state index in [0.29, 0.717) is 30.4 Å². The van der Waals surface area contributed by atoms with Crippen molar-refractivity contribution in [1.29, 1.82) is 0 Å². The summed E-state index contributed by atoms with van der Waals surface area (Å²) in [7, 11) is 0. The molecule has 0 saturated carbocycles. The van der Waals surface area contributed by atoms with Crippen LogP contribution < -0.4 is 9.47 Å². The Hall–Kier alpha value is -2.26. The van der Waals surface area contributed by atoms with Gasteiger partial charge in [0.1, 0.15) is 23.9 Å². The van der Waals surface area contributed by atoms with Gasteiger partial charge in [-0.25, -0.2) is 0 Å². The molecular weight excluding hydrogens is 348 g/mol. The van der Waals surface area contributed by atoms with Crippen molar-refractivity contribution >= 4 is 23.5 Å². The molecule has 0 aliphatic rings. The van der Waals surface area contributed by atoms with E-state index in [-0.39, 0.29) is 11.7 Å². The minimum Gasteiger partial charge on any atom is -0.494 e. The van der Waals surface area contributed by atoms with E-state index >= 15 is 0 Å². The van der Waals surface area contributed by atoms with Crippen LogP contribution in [0.2, 0.25) is 5.02 Å². The van der Waals surface area contributed by atoms with E-state index in [0.717, 1.165) is 16.9 Å². The summed E-state index contributed by atoms with van der Waals surface area (Å²) in [5.74, 6) is 1.80. The first-order valence-electron chi connectivity index (χ1n) is 8.79. The minimum atomic E-state index is 0.205. The van der Waals surface area contributed by atoms with Crippen molar-refractivity contribution in [2.75, 3.05) is 6.61 Å². The molecule has 0 amide bonds. The number of carbonyl (C=O) groups is 1. The summed E-state index contributed by atoms with van der Waals surface area (Å²) in [6, 6.07) is 13.5. The number of carbonyl (C=O) groups excluding carboxylic acids is 1. The van der Waals surface area contributed by atoms with Gasteiger partial charge in [0.05, 0.1) is 11.6 Å². The summed E-state index contributed by atoms with van der Waals surface area (Å²) in [6.45, 7) is 6.62. The Labute approximate surface area is 160 Å². The summed E-state index contributed by atoms with van der Waals surface area (Å²) >= 11 is 6.24. The van der Waals surface area contributed by atoms with Gasteiger partial charge in [0.15, 0.2) is 0 Å². The van der Waals surface area contributed by atoms with E-state index in [4.69, 9.17) is 21.1 Å². The maximum absolute atomic E-state index is 11.2. The van der Waals surface area contributed by atoms with Crippen molar-refractivity contribution in [3.8, 4) is 11.5 Å². The molecule has 0 aromatic heterocycles. The van der Waals surface area contributed by atoms with Crippen molar-refractivity contribution in [2.45, 2.75) is 33.8 Å². The maximum atomic E-state index is 11.2. The van der Waals surface area contributed by atoms with Crippen LogP contribution in [0.3, 0.4) is 0 Å². The molecular formula is C22H25ClO3. The van der Waals surface area contributed by atoms with Crippen molar-refractivity contribution in [3.05, 3.63) is 64.7 Å². The Kier molecular flexibility index (Phi) is 7.73. The summed E-state index contributed by atoms with van der Waals surface area (Å²) in [5.41, 5.74) is 2.13. The molecule has 26 heavy (non-hydrogen) atoms. The van der Waals surface area contributed by atoms with E-state index in [1.807, 2.05) is 50.3 Å². The summed E-state index contributed by atoms with van der Waals surface area (Å²) < 4.78 is 11.3. The van der Waals surface area contributed by atoms with Crippen LogP contribution in [-0.2, 0) is 11.4 Å². The van der Waals surface area contributed by atoms with Gasteiger partial charge < -0.3 is 14.3 Å². The molecule has 0 N–H and O–H groups in total. The molecule has 4 heteroatoms. The fourth-order valence-corrected chi connectivity index (χ4v) is 2.82. The molecule has 2 rings (SSSR count). The number of halogens is 1. The largest absolute Gasteiger partial charge is 0.494 e. The van der Waals surface area contributed by atoms with Gasteiger partial charge in [0, 0.05) is 12.5 Å². The quantitative estimate of drug-likeness (QED) is 0.545. The first-order chi connectivity index (χ1) is 12.5. The van der Waals surface area contributed by atoms with E-state index in [1.165, 1.54) is 0 Å². The first-order valence-corrected chi connectivity index (χ1v) is 9.17. The molecule has 0 saturated heterocycles. The van der Waals surface area contributed by atoms with Crippen LogP contribution in [0.5, 0.6) is 11.5 Å². The van der Waals surface area contributed by atoms with Gasteiger partial charge in [0.2, 0.25) is 0 Å². The number of allylic oxidation sites excluding steroid dienone is 1. The van der Waals surface area contributed by atoms with Gasteiger partial charge in [-0.15, -0.1) is 0 Å². The molecule has 0 unspecified atom stereocenters. The maximum Gasteiger partial charge on any atom is 0.138 e. The first kappa shape index (κ1) is 20.1. The third kappa shape index (κ3) is 6.57. The van der Waals surface area contributed by atoms with Gasteiger partial charge in [-0.3, -0.25) is 0 Å². The highest BCUT2D eigenvalue weighted by Gasteiger charge is 2.05. The number of ether oxygens (including phenoxy) is 2. The number of Topliss-reactive ketones (excluding diaryl/α,β-unsaturated/α-hetero) is 1. The number of rotatable bonds is 9. The predicted octanol–water partition coefficient (Wildman–Crippen LogP) is 5.95. The molecule has 0 radical (unpaired) electrons. The summed E-state index contributed by atoms with van der Waals surface area (Å²) in [6.07, 6.45) is 4.67. The van der Waals surface area contributed by atoms with Crippen molar-refractivity contribution in [1.82, 2.24) is 0 Å². The average Bonchev–Trinajstić information content (AvgIpc) is 2.59. The van der Waals surface area contributed by atoms with Gasteiger partial charge in [-0.05, 0) is 49.1 Å². The lowest BCUT2D eigenvalue weighted by molar-refractivity contribution is -0.117. The third-order valence-electron chi connectivity index (χ3n) is 3.79. The SMILES string of the molecule is CCOc1ccc(OCc2cccc(/C=C/[C@H](C)CC(C)=O)c2)c(Cl)c1. The second-order valence-electron chi connectivity index (χ2n) is 6.30. The second kappa shape index (κ2) is 10.0. The lowest BCUT2D eigenvalue weighted by Crippen LogP contribution is -1.98. The van der Waals surface area contributed by atoms with E-state index in [2.05, 4.69) is 12.1 Å². The molecule has 1 atom stereocenters. The zero-order valence-corrected chi connectivity index (χ0v) is 16.3. The molecule has 3 nitrogen and oxygen atoms in total. The molecule has 0 aliphatic carbocycles. The Bertz CT molecular complexity index is 768. The van der Waals surface area contributed by atoms with Crippen molar-refractivity contribution in [3.63, 3.8) is 0 Å². The Morgan fingerprint density at radius 3 is 2.69 bits per heavy atom. The number of ketones is 1. The van der Waals surface area contributed by atoms with Crippen LogP contribution in [-0.4, -0.2) is 12.4 Å². The number of hydrogen-bond acceptors (Lipinski definition) is 3. The van der Waals surface area contributed by atoms with Gasteiger partial charge in [0.25, 0.3) is 0 Å². The Morgan fingerprint density at radius 2 is 2.00 bits per heavy atom. The molecule has 2 aromatic carbocycles. The van der Waals surface area contributed by atoms with Crippen molar-refractivity contribution in [2.24, 2.45) is 5.92 Å². The Morgan fingerprint density at radius 1 is 1.19 bits per heavy atom. The van der Waals surface area contributed by atoms with E-state index in [1.54, 1.807) is 13.0 Å². The highest BCUT2D eigenvalue weighted by Crippen LogP contribution is 2.29. The van der Waals surface area contributed by atoms with Crippen LogP contribution in [0.4, 0.5) is 0 Å². The third-order valence-corrected chi connectivity index (χ3v) is 4.08. The van der Waals surface area contributed by atoms with Crippen LogP contribution in [0.1, 0.15) is 38.3 Å². The molecule has 138 valence electrons. The Balaban J connectivity index is 1.98. The van der Waals surface area contributed by atoms with Crippen molar-refractivity contribution < 1.29 is 14.3 Å². The second-order valence-corrected chi connectivity index (χ2v) is 6.71. The fourth-order valence-electron chi connectivity index (χ4n) is 2.60.